The monoisotopic (exact) mass is 369 g/mol. The lowest BCUT2D eigenvalue weighted by molar-refractivity contribution is 0.244. The molecule has 7 heteroatoms. The van der Waals surface area contributed by atoms with Gasteiger partial charge in [0.1, 0.15) is 12.2 Å². The van der Waals surface area contributed by atoms with Crippen LogP contribution in [0.25, 0.3) is 0 Å². The van der Waals surface area contributed by atoms with Crippen LogP contribution in [0.1, 0.15) is 37.1 Å². The van der Waals surface area contributed by atoms with Crippen LogP contribution in [0.4, 0.5) is 0 Å². The second-order valence-corrected chi connectivity index (χ2v) is 7.31. The van der Waals surface area contributed by atoms with Crippen LogP contribution >= 0.6 is 0 Å². The molecule has 1 aromatic heterocycles. The Hall–Kier alpha value is -2.41. The van der Waals surface area contributed by atoms with E-state index in [4.69, 9.17) is 0 Å². The number of likely N-dealkylation sites (N-methyl/N-ethyl adjacent to an activating group) is 1. The number of aromatic nitrogens is 3. The zero-order valence-corrected chi connectivity index (χ0v) is 16.6. The van der Waals surface area contributed by atoms with Gasteiger partial charge in [0, 0.05) is 45.2 Å². The highest BCUT2D eigenvalue weighted by molar-refractivity contribution is 5.80. The Labute approximate surface area is 161 Å². The summed E-state index contributed by atoms with van der Waals surface area (Å²) in [5, 5.41) is 10.5. The average Bonchev–Trinajstić information content (AvgIpc) is 3.24. The van der Waals surface area contributed by atoms with Crippen LogP contribution in [-0.2, 0) is 6.54 Å². The number of nitrogens with zero attached hydrogens (tertiary/aromatic N) is 5. The van der Waals surface area contributed by atoms with Crippen molar-refractivity contribution in [3.63, 3.8) is 0 Å². The smallest absolute Gasteiger partial charge is 0.193 e. The maximum atomic E-state index is 4.49. The number of rotatable bonds is 6. The van der Waals surface area contributed by atoms with Crippen molar-refractivity contribution in [3.8, 4) is 0 Å². The maximum Gasteiger partial charge on any atom is 0.193 e. The first kappa shape index (κ1) is 19.4. The lowest BCUT2D eigenvalue weighted by atomic mass is 9.96. The molecule has 0 radical (unpaired) electrons. The normalized spacial score (nSPS) is 17.3. The molecule has 2 aromatic rings. The minimum Gasteiger partial charge on any atom is -0.355 e. The minimum absolute atomic E-state index is 0.411. The second kappa shape index (κ2) is 9.50. The Morgan fingerprint density at radius 3 is 2.70 bits per heavy atom. The van der Waals surface area contributed by atoms with Crippen molar-refractivity contribution in [2.24, 2.45) is 4.99 Å². The van der Waals surface area contributed by atoms with Gasteiger partial charge in [-0.1, -0.05) is 30.3 Å². The third kappa shape index (κ3) is 5.29. The van der Waals surface area contributed by atoms with Gasteiger partial charge in [-0.3, -0.25) is 15.0 Å². The first-order chi connectivity index (χ1) is 13.2. The molecule has 0 saturated carbocycles. The molecule has 0 bridgehead atoms. The number of benzene rings is 1. The largest absolute Gasteiger partial charge is 0.355 e. The lowest BCUT2D eigenvalue weighted by Gasteiger charge is -2.34. The van der Waals surface area contributed by atoms with Crippen LogP contribution in [0.5, 0.6) is 0 Å². The van der Waals surface area contributed by atoms with Gasteiger partial charge in [-0.15, -0.1) is 0 Å². The lowest BCUT2D eigenvalue weighted by Crippen LogP contribution is -2.48. The Morgan fingerprint density at radius 1 is 1.33 bits per heavy atom. The van der Waals surface area contributed by atoms with E-state index in [1.807, 2.05) is 7.05 Å². The number of aliphatic imine (C=N–C) groups is 1. The number of hydrogen-bond donors (Lipinski definition) is 2. The van der Waals surface area contributed by atoms with Gasteiger partial charge in [0.25, 0.3) is 0 Å². The van der Waals surface area contributed by atoms with Crippen molar-refractivity contribution in [2.45, 2.75) is 38.3 Å². The first-order valence-corrected chi connectivity index (χ1v) is 9.72. The highest BCUT2D eigenvalue weighted by Crippen LogP contribution is 2.24. The fourth-order valence-corrected chi connectivity index (χ4v) is 3.53. The van der Waals surface area contributed by atoms with E-state index in [0.717, 1.165) is 50.8 Å². The summed E-state index contributed by atoms with van der Waals surface area (Å²) in [6, 6.07) is 11.0. The fourth-order valence-electron chi connectivity index (χ4n) is 3.53. The summed E-state index contributed by atoms with van der Waals surface area (Å²) in [6.07, 6.45) is 3.73. The summed E-state index contributed by atoms with van der Waals surface area (Å²) in [5.74, 6) is 2.47. The molecule has 2 heterocycles. The standard InChI is InChI=1S/C20H31N7/c1-16(26(3)14-17-7-5-4-6-8-17)13-22-20(21-2)27-11-9-18(10-12-27)19-23-15-24-25-19/h4-8,15-16,18H,9-14H2,1-3H3,(H,21,22)(H,23,24,25). The molecule has 1 saturated heterocycles. The molecule has 1 unspecified atom stereocenters. The van der Waals surface area contributed by atoms with Crippen LogP contribution in [0.15, 0.2) is 41.7 Å². The summed E-state index contributed by atoms with van der Waals surface area (Å²) in [5.41, 5.74) is 1.34. The van der Waals surface area contributed by atoms with Gasteiger partial charge in [-0.05, 0) is 32.4 Å². The number of aromatic amines is 1. The molecule has 3 rings (SSSR count). The number of likely N-dealkylation sites (tertiary alicyclic amines) is 1. The number of guanidine groups is 1. The molecule has 1 aliphatic rings. The highest BCUT2D eigenvalue weighted by Gasteiger charge is 2.24. The SMILES string of the molecule is CN=C(NCC(C)N(C)Cc1ccccc1)N1CCC(c2ncn[nH]2)CC1. The summed E-state index contributed by atoms with van der Waals surface area (Å²) in [7, 11) is 4.04. The van der Waals surface area contributed by atoms with Crippen molar-refractivity contribution in [3.05, 3.63) is 48.0 Å². The molecular weight excluding hydrogens is 338 g/mol. The number of hydrogen-bond acceptors (Lipinski definition) is 4. The molecule has 1 atom stereocenters. The molecule has 2 N–H and O–H groups in total. The van der Waals surface area contributed by atoms with Crippen LogP contribution in [0.3, 0.4) is 0 Å². The van der Waals surface area contributed by atoms with E-state index in [0.29, 0.717) is 12.0 Å². The van der Waals surface area contributed by atoms with Gasteiger partial charge in [0.2, 0.25) is 0 Å². The fraction of sp³-hybridized carbons (Fsp3) is 0.550. The summed E-state index contributed by atoms with van der Waals surface area (Å²) < 4.78 is 0. The zero-order chi connectivity index (χ0) is 19.1. The molecular formula is C20H31N7. The third-order valence-electron chi connectivity index (χ3n) is 5.41. The van der Waals surface area contributed by atoms with Gasteiger partial charge in [-0.25, -0.2) is 4.98 Å². The van der Waals surface area contributed by atoms with Crippen molar-refractivity contribution in [1.82, 2.24) is 30.3 Å². The molecule has 7 nitrogen and oxygen atoms in total. The number of piperidine rings is 1. The summed E-state index contributed by atoms with van der Waals surface area (Å²) >= 11 is 0. The first-order valence-electron chi connectivity index (χ1n) is 9.72. The van der Waals surface area contributed by atoms with Crippen molar-refractivity contribution < 1.29 is 0 Å². The predicted molar refractivity (Wildman–Crippen MR) is 109 cm³/mol. The molecule has 27 heavy (non-hydrogen) atoms. The Balaban J connectivity index is 1.45. The average molecular weight is 370 g/mol. The second-order valence-electron chi connectivity index (χ2n) is 7.31. The zero-order valence-electron chi connectivity index (χ0n) is 16.6. The van der Waals surface area contributed by atoms with Gasteiger partial charge in [-0.2, -0.15) is 5.10 Å². The van der Waals surface area contributed by atoms with Gasteiger partial charge in [0.05, 0.1) is 0 Å². The van der Waals surface area contributed by atoms with Crippen LogP contribution in [0.2, 0.25) is 0 Å². The van der Waals surface area contributed by atoms with Crippen LogP contribution < -0.4 is 5.32 Å². The molecule has 0 aliphatic carbocycles. The van der Waals surface area contributed by atoms with E-state index in [1.165, 1.54) is 5.56 Å². The summed E-state index contributed by atoms with van der Waals surface area (Å²) in [4.78, 5) is 13.5. The molecule has 0 spiro atoms. The number of nitrogens with one attached hydrogen (secondary N) is 2. The number of H-pyrrole nitrogens is 1. The topological polar surface area (TPSA) is 72.4 Å². The maximum absolute atomic E-state index is 4.49. The van der Waals surface area contributed by atoms with E-state index in [2.05, 4.69) is 79.6 Å². The van der Waals surface area contributed by atoms with E-state index in [9.17, 15) is 0 Å². The Bertz CT molecular complexity index is 690. The van der Waals surface area contributed by atoms with E-state index in [1.54, 1.807) is 6.33 Å². The van der Waals surface area contributed by atoms with Crippen molar-refractivity contribution in [2.75, 3.05) is 33.7 Å². The van der Waals surface area contributed by atoms with Gasteiger partial charge < -0.3 is 10.2 Å². The van der Waals surface area contributed by atoms with Gasteiger partial charge >= 0.3 is 0 Å². The Kier molecular flexibility index (Phi) is 6.81. The minimum atomic E-state index is 0.411. The molecule has 0 amide bonds. The van der Waals surface area contributed by atoms with Crippen molar-refractivity contribution in [1.29, 1.82) is 0 Å². The molecule has 146 valence electrons. The van der Waals surface area contributed by atoms with Crippen molar-refractivity contribution >= 4 is 5.96 Å². The highest BCUT2D eigenvalue weighted by atomic mass is 15.3. The molecule has 1 aromatic carbocycles. The molecule has 1 fully saturated rings. The van der Waals surface area contributed by atoms with Gasteiger partial charge in [0.15, 0.2) is 5.96 Å². The Morgan fingerprint density at radius 2 is 2.07 bits per heavy atom. The predicted octanol–water partition coefficient (Wildman–Crippen LogP) is 2.08. The molecule has 1 aliphatic heterocycles. The van der Waals surface area contributed by atoms with Crippen LogP contribution in [-0.4, -0.2) is 70.7 Å². The van der Waals surface area contributed by atoms with Crippen LogP contribution in [0, 0.1) is 0 Å². The van der Waals surface area contributed by atoms with E-state index >= 15 is 0 Å². The van der Waals surface area contributed by atoms with E-state index in [-0.39, 0.29) is 0 Å². The quantitative estimate of drug-likeness (QED) is 0.602. The van der Waals surface area contributed by atoms with E-state index < -0.39 is 0 Å². The summed E-state index contributed by atoms with van der Waals surface area (Å²) in [6.45, 7) is 6.04. The third-order valence-corrected chi connectivity index (χ3v) is 5.41.